The Morgan fingerprint density at radius 2 is 1.90 bits per heavy atom. The van der Waals surface area contributed by atoms with E-state index in [4.69, 9.17) is 0 Å². The molecule has 1 aromatic rings. The topological polar surface area (TPSA) is 67.2 Å². The zero-order valence-corrected chi connectivity index (χ0v) is 14.2. The number of rotatable bonds is 8. The third-order valence-corrected chi connectivity index (χ3v) is 6.26. The van der Waals surface area contributed by atoms with Crippen LogP contribution in [0.4, 0.5) is 0 Å². The van der Waals surface area contributed by atoms with Crippen LogP contribution in [0.2, 0.25) is 0 Å². The average molecular weight is 314 g/mol. The molecule has 1 aliphatic rings. The lowest BCUT2D eigenvalue weighted by molar-refractivity contribution is 0.444. The van der Waals surface area contributed by atoms with Crippen LogP contribution in [0, 0.1) is 13.8 Å². The van der Waals surface area contributed by atoms with Crippen molar-refractivity contribution in [2.45, 2.75) is 58.0 Å². The molecule has 120 valence electrons. The maximum atomic E-state index is 12.7. The van der Waals surface area contributed by atoms with Gasteiger partial charge in [-0.3, -0.25) is 4.68 Å². The molecule has 6 nitrogen and oxygen atoms in total. The van der Waals surface area contributed by atoms with E-state index < -0.39 is 10.0 Å². The van der Waals surface area contributed by atoms with E-state index in [1.54, 1.807) is 11.6 Å². The molecule has 0 spiro atoms. The number of aromatic nitrogens is 2. The van der Waals surface area contributed by atoms with Crippen LogP contribution >= 0.6 is 0 Å². The number of nitrogens with zero attached hydrogens (tertiary/aromatic N) is 3. The number of aryl methyl sites for hydroxylation is 1. The molecule has 0 aromatic carbocycles. The molecule has 0 bridgehead atoms. The van der Waals surface area contributed by atoms with E-state index in [0.29, 0.717) is 36.3 Å². The first-order valence-corrected chi connectivity index (χ1v) is 9.13. The van der Waals surface area contributed by atoms with Crippen LogP contribution in [-0.4, -0.2) is 48.2 Å². The molecular weight excluding hydrogens is 288 g/mol. The Hall–Kier alpha value is -0.920. The van der Waals surface area contributed by atoms with Gasteiger partial charge in [0.1, 0.15) is 4.90 Å². The molecule has 1 heterocycles. The van der Waals surface area contributed by atoms with Gasteiger partial charge in [0, 0.05) is 25.7 Å². The van der Waals surface area contributed by atoms with Crippen molar-refractivity contribution in [3.05, 3.63) is 11.4 Å². The van der Waals surface area contributed by atoms with E-state index >= 15 is 0 Å². The van der Waals surface area contributed by atoms with Crippen LogP contribution in [0.1, 0.15) is 38.1 Å². The fourth-order valence-corrected chi connectivity index (χ4v) is 4.46. The third-order valence-electron chi connectivity index (χ3n) is 3.95. The van der Waals surface area contributed by atoms with Crippen molar-refractivity contribution in [1.29, 1.82) is 0 Å². The van der Waals surface area contributed by atoms with Crippen molar-refractivity contribution in [3.8, 4) is 0 Å². The van der Waals surface area contributed by atoms with Gasteiger partial charge in [-0.15, -0.1) is 0 Å². The third kappa shape index (κ3) is 3.46. The van der Waals surface area contributed by atoms with Crippen LogP contribution in [0.15, 0.2) is 4.90 Å². The summed E-state index contributed by atoms with van der Waals surface area (Å²) in [7, 11) is -3.44. The second-order valence-electron chi connectivity index (χ2n) is 5.54. The monoisotopic (exact) mass is 314 g/mol. The van der Waals surface area contributed by atoms with E-state index in [9.17, 15) is 8.42 Å². The molecule has 1 aliphatic carbocycles. The molecule has 1 fully saturated rings. The molecule has 0 aliphatic heterocycles. The highest BCUT2D eigenvalue weighted by atomic mass is 32.2. The van der Waals surface area contributed by atoms with Gasteiger partial charge >= 0.3 is 0 Å². The highest BCUT2D eigenvalue weighted by Crippen LogP contribution is 2.23. The summed E-state index contributed by atoms with van der Waals surface area (Å²) >= 11 is 0. The second-order valence-corrected chi connectivity index (χ2v) is 7.42. The van der Waals surface area contributed by atoms with Crippen molar-refractivity contribution in [1.82, 2.24) is 19.4 Å². The van der Waals surface area contributed by atoms with Gasteiger partial charge in [-0.05, 0) is 26.7 Å². The summed E-state index contributed by atoms with van der Waals surface area (Å²) in [6.45, 7) is 9.82. The van der Waals surface area contributed by atoms with Crippen LogP contribution in [-0.2, 0) is 16.6 Å². The van der Waals surface area contributed by atoms with Crippen LogP contribution in [0.25, 0.3) is 0 Å². The zero-order chi connectivity index (χ0) is 15.6. The van der Waals surface area contributed by atoms with E-state index in [1.807, 2.05) is 20.8 Å². The van der Waals surface area contributed by atoms with Crippen molar-refractivity contribution in [2.24, 2.45) is 0 Å². The summed E-state index contributed by atoms with van der Waals surface area (Å²) in [5, 5.41) is 7.84. The minimum absolute atomic E-state index is 0.373. The summed E-state index contributed by atoms with van der Waals surface area (Å²) in [5.74, 6) is 0. The molecular formula is C14H26N4O2S. The first-order valence-electron chi connectivity index (χ1n) is 7.69. The van der Waals surface area contributed by atoms with Gasteiger partial charge in [-0.25, -0.2) is 8.42 Å². The van der Waals surface area contributed by atoms with Crippen molar-refractivity contribution < 1.29 is 8.42 Å². The number of nitrogens with one attached hydrogen (secondary N) is 1. The maximum Gasteiger partial charge on any atom is 0.246 e. The van der Waals surface area contributed by atoms with Gasteiger partial charge in [0.25, 0.3) is 0 Å². The molecule has 1 N–H and O–H groups in total. The number of hydrogen-bond donors (Lipinski definition) is 1. The van der Waals surface area contributed by atoms with Gasteiger partial charge in [0.05, 0.1) is 17.9 Å². The lowest BCUT2D eigenvalue weighted by Crippen LogP contribution is -2.31. The Balaban J connectivity index is 2.21. The first kappa shape index (κ1) is 16.5. The minimum Gasteiger partial charge on any atom is -0.312 e. The Morgan fingerprint density at radius 3 is 2.43 bits per heavy atom. The largest absolute Gasteiger partial charge is 0.312 e. The molecule has 0 radical (unpaired) electrons. The van der Waals surface area contributed by atoms with Gasteiger partial charge in [0.15, 0.2) is 0 Å². The normalized spacial score (nSPS) is 15.9. The predicted molar refractivity (Wildman–Crippen MR) is 82.8 cm³/mol. The minimum atomic E-state index is -3.44. The number of sulfonamides is 1. The van der Waals surface area contributed by atoms with E-state index in [2.05, 4.69) is 10.4 Å². The van der Waals surface area contributed by atoms with Crippen molar-refractivity contribution >= 4 is 10.0 Å². The van der Waals surface area contributed by atoms with Crippen molar-refractivity contribution in [2.75, 3.05) is 19.6 Å². The molecule has 1 aromatic heterocycles. The molecule has 0 saturated heterocycles. The Labute approximate surface area is 127 Å². The highest BCUT2D eigenvalue weighted by molar-refractivity contribution is 7.89. The fourth-order valence-electron chi connectivity index (χ4n) is 2.63. The first-order chi connectivity index (χ1) is 9.91. The van der Waals surface area contributed by atoms with E-state index in [-0.39, 0.29) is 0 Å². The zero-order valence-electron chi connectivity index (χ0n) is 13.4. The molecule has 0 atom stereocenters. The molecule has 7 heteroatoms. The second kappa shape index (κ2) is 6.46. The predicted octanol–water partition coefficient (Wildman–Crippen LogP) is 1.28. The summed E-state index contributed by atoms with van der Waals surface area (Å²) in [6.07, 6.45) is 2.50. The summed E-state index contributed by atoms with van der Waals surface area (Å²) < 4.78 is 28.7. The van der Waals surface area contributed by atoms with Crippen molar-refractivity contribution in [3.63, 3.8) is 0 Å². The number of hydrogen-bond acceptors (Lipinski definition) is 4. The van der Waals surface area contributed by atoms with Crippen LogP contribution in [0.5, 0.6) is 0 Å². The SMILES string of the molecule is CCN(CC)S(=O)(=O)c1c(C)nn(CCNC2CC2)c1C. The molecule has 0 unspecified atom stereocenters. The Morgan fingerprint density at radius 1 is 1.29 bits per heavy atom. The Bertz CT molecular complexity index is 586. The lowest BCUT2D eigenvalue weighted by Gasteiger charge is -2.18. The van der Waals surface area contributed by atoms with Gasteiger partial charge < -0.3 is 5.32 Å². The van der Waals surface area contributed by atoms with E-state index in [0.717, 1.165) is 12.2 Å². The summed E-state index contributed by atoms with van der Waals surface area (Å²) in [6, 6.07) is 0.654. The molecule has 21 heavy (non-hydrogen) atoms. The summed E-state index contributed by atoms with van der Waals surface area (Å²) in [5.41, 5.74) is 1.32. The maximum absolute atomic E-state index is 12.7. The van der Waals surface area contributed by atoms with Gasteiger partial charge in [0.2, 0.25) is 10.0 Å². The molecule has 2 rings (SSSR count). The fraction of sp³-hybridized carbons (Fsp3) is 0.786. The Kier molecular flexibility index (Phi) is 5.06. The average Bonchev–Trinajstić information content (AvgIpc) is 3.17. The van der Waals surface area contributed by atoms with Gasteiger partial charge in [-0.2, -0.15) is 9.40 Å². The summed E-state index contributed by atoms with van der Waals surface area (Å²) in [4.78, 5) is 0.373. The lowest BCUT2D eigenvalue weighted by atomic mass is 10.4. The standard InChI is InChI=1S/C14H26N4O2S/c1-5-17(6-2)21(19,20)14-11(3)16-18(12(14)4)10-9-15-13-7-8-13/h13,15H,5-10H2,1-4H3. The van der Waals surface area contributed by atoms with E-state index in [1.165, 1.54) is 17.1 Å². The van der Waals surface area contributed by atoms with Crippen LogP contribution in [0.3, 0.4) is 0 Å². The highest BCUT2D eigenvalue weighted by Gasteiger charge is 2.29. The molecule has 1 saturated carbocycles. The quantitative estimate of drug-likeness (QED) is 0.785. The van der Waals surface area contributed by atoms with Gasteiger partial charge in [-0.1, -0.05) is 13.8 Å². The molecule has 0 amide bonds. The van der Waals surface area contributed by atoms with Crippen LogP contribution < -0.4 is 5.32 Å². The smallest absolute Gasteiger partial charge is 0.246 e.